The molecule has 24 heteroatoms. The van der Waals surface area contributed by atoms with E-state index < -0.39 is 141 Å². The summed E-state index contributed by atoms with van der Waals surface area (Å²) < 4.78 is 27.7. The first-order valence-corrected chi connectivity index (χ1v) is 15.9. The highest BCUT2D eigenvalue weighted by Gasteiger charge is 2.61. The molecule has 0 saturated carbocycles. The molecule has 0 radical (unpaired) electrons. The zero-order valence-electron chi connectivity index (χ0n) is 27.6. The molecule has 0 aromatic carbocycles. The van der Waals surface area contributed by atoms with Crippen LogP contribution in [-0.2, 0) is 38.1 Å². The highest BCUT2D eigenvalue weighted by atomic mass is 16.8. The summed E-state index contributed by atoms with van der Waals surface area (Å²) in [6.45, 7) is 1.30. The summed E-state index contributed by atoms with van der Waals surface area (Å²) in [6, 6.07) is -1.56. The number of amides is 2. The van der Waals surface area contributed by atoms with E-state index >= 15 is 0 Å². The monoisotopic (exact) mass is 755 g/mol. The number of aliphatic hydroxyl groups is 10. The van der Waals surface area contributed by atoms with E-state index in [0.717, 1.165) is 6.92 Å². The lowest BCUT2D eigenvalue weighted by atomic mass is 9.88. The summed E-state index contributed by atoms with van der Waals surface area (Å²) in [7, 11) is 0. The van der Waals surface area contributed by atoms with Crippen LogP contribution in [0.1, 0.15) is 26.2 Å². The van der Waals surface area contributed by atoms with E-state index in [9.17, 15) is 70.6 Å². The fourth-order valence-electron chi connectivity index (χ4n) is 6.01. The van der Waals surface area contributed by atoms with E-state index in [-0.39, 0.29) is 12.8 Å². The molecular formula is C28H45N5O19. The number of rotatable bonds is 16. The predicted molar refractivity (Wildman–Crippen MR) is 163 cm³/mol. The Bertz CT molecular complexity index is 1310. The van der Waals surface area contributed by atoms with Gasteiger partial charge in [-0.05, 0) is 17.1 Å². The lowest BCUT2D eigenvalue weighted by molar-refractivity contribution is -0.383. The van der Waals surface area contributed by atoms with Crippen LogP contribution < -0.4 is 10.6 Å². The number of ether oxygens (including phenoxy) is 5. The third-order valence-electron chi connectivity index (χ3n) is 8.65. The van der Waals surface area contributed by atoms with Gasteiger partial charge in [0.1, 0.15) is 67.1 Å². The van der Waals surface area contributed by atoms with E-state index in [4.69, 9.17) is 29.2 Å². The Morgan fingerprint density at radius 3 is 2.23 bits per heavy atom. The minimum atomic E-state index is -3.04. The van der Waals surface area contributed by atoms with Gasteiger partial charge in [0.15, 0.2) is 6.29 Å². The van der Waals surface area contributed by atoms with E-state index in [1.54, 1.807) is 0 Å². The summed E-state index contributed by atoms with van der Waals surface area (Å²) in [5.41, 5.74) is 9.12. The molecule has 3 rings (SSSR count). The number of hydrogen-bond donors (Lipinski definition) is 13. The Hall–Kier alpha value is -3.14. The number of carbonyl (C=O) groups excluding carboxylic acids is 2. The van der Waals surface area contributed by atoms with Crippen molar-refractivity contribution < 1.29 is 94.2 Å². The van der Waals surface area contributed by atoms with Gasteiger partial charge in [0.2, 0.25) is 11.8 Å². The maximum absolute atomic E-state index is 12.6. The molecule has 3 heterocycles. The molecule has 0 aromatic heterocycles. The van der Waals surface area contributed by atoms with Crippen molar-refractivity contribution in [2.24, 2.45) is 5.11 Å². The van der Waals surface area contributed by atoms with E-state index in [0.29, 0.717) is 0 Å². The van der Waals surface area contributed by atoms with Gasteiger partial charge in [-0.15, -0.1) is 6.58 Å². The SMILES string of the molecule is C=CCCC(=O)N[C@]1(N=[N+]=[N-])O[C@H](CO)[C@@H](O[C@@H]2O[C@H](CO)[C@H](O[C@]3(C(=O)O)C[C@H](O)[C@@H](NC(C)=O)[C@H]([C@H](O)[C@H](O)CO)O3)[C@H](O)[C@H]2O)[C@H](O)[C@H]1O. The van der Waals surface area contributed by atoms with Gasteiger partial charge < -0.3 is 90.5 Å². The molecule has 3 aliphatic heterocycles. The molecule has 0 spiro atoms. The van der Waals surface area contributed by atoms with Crippen LogP contribution in [-0.4, -0.2) is 191 Å². The van der Waals surface area contributed by atoms with Gasteiger partial charge in [-0.1, -0.05) is 6.08 Å². The summed E-state index contributed by atoms with van der Waals surface area (Å²) >= 11 is 0. The van der Waals surface area contributed by atoms with Gasteiger partial charge in [-0.25, -0.2) is 4.79 Å². The normalized spacial score (nSPS) is 40.4. The minimum Gasteiger partial charge on any atom is -0.477 e. The molecule has 0 unspecified atom stereocenters. The molecule has 24 nitrogen and oxygen atoms in total. The molecule has 3 saturated heterocycles. The average Bonchev–Trinajstić information content (AvgIpc) is 3.10. The first kappa shape index (κ1) is 43.3. The number of hydrogen-bond acceptors (Lipinski definition) is 19. The minimum absolute atomic E-state index is 0.162. The molecule has 0 aromatic rings. The highest BCUT2D eigenvalue weighted by molar-refractivity contribution is 5.77. The zero-order chi connectivity index (χ0) is 39.1. The van der Waals surface area contributed by atoms with E-state index in [2.05, 4.69) is 27.2 Å². The zero-order valence-corrected chi connectivity index (χ0v) is 27.6. The Kier molecular flexibility index (Phi) is 15.2. The number of azide groups is 1. The van der Waals surface area contributed by atoms with Crippen molar-refractivity contribution in [3.63, 3.8) is 0 Å². The topological polar surface area (TPSA) is 393 Å². The molecule has 13 N–H and O–H groups in total. The number of aliphatic carboxylic acids is 1. The second kappa shape index (κ2) is 18.3. The molecule has 16 atom stereocenters. The number of carboxylic acids is 1. The van der Waals surface area contributed by atoms with Crippen LogP contribution in [0.2, 0.25) is 0 Å². The largest absolute Gasteiger partial charge is 0.477 e. The maximum atomic E-state index is 12.6. The molecular weight excluding hydrogens is 710 g/mol. The molecule has 3 fully saturated rings. The van der Waals surface area contributed by atoms with Crippen molar-refractivity contribution in [2.45, 2.75) is 123 Å². The van der Waals surface area contributed by atoms with Crippen molar-refractivity contribution in [3.8, 4) is 0 Å². The summed E-state index contributed by atoms with van der Waals surface area (Å²) in [4.78, 5) is 39.4. The van der Waals surface area contributed by atoms with Crippen LogP contribution in [0.15, 0.2) is 17.8 Å². The molecule has 3 aliphatic rings. The predicted octanol–water partition coefficient (Wildman–Crippen LogP) is -6.50. The Balaban J connectivity index is 1.88. The van der Waals surface area contributed by atoms with Gasteiger partial charge >= 0.3 is 5.97 Å². The lowest BCUT2D eigenvalue weighted by Gasteiger charge is -2.51. The van der Waals surface area contributed by atoms with Crippen LogP contribution in [0.3, 0.4) is 0 Å². The molecule has 296 valence electrons. The van der Waals surface area contributed by atoms with Gasteiger partial charge in [-0.2, -0.15) is 0 Å². The van der Waals surface area contributed by atoms with Crippen molar-refractivity contribution >= 4 is 17.8 Å². The lowest BCUT2D eigenvalue weighted by Crippen LogP contribution is -2.72. The number of carbonyl (C=O) groups is 3. The van der Waals surface area contributed by atoms with Crippen LogP contribution in [0.4, 0.5) is 0 Å². The first-order chi connectivity index (χ1) is 24.5. The van der Waals surface area contributed by atoms with Crippen molar-refractivity contribution in [1.29, 1.82) is 0 Å². The fraction of sp³-hybridized carbons (Fsp3) is 0.821. The van der Waals surface area contributed by atoms with Crippen LogP contribution >= 0.6 is 0 Å². The number of carboxylic acid groups (broad SMARTS) is 1. The summed E-state index contributed by atoms with van der Waals surface area (Å²) in [5.74, 6) is -9.26. The summed E-state index contributed by atoms with van der Waals surface area (Å²) in [5, 5.41) is 123. The third kappa shape index (κ3) is 9.14. The van der Waals surface area contributed by atoms with Crippen LogP contribution in [0, 0.1) is 0 Å². The number of nitrogens with one attached hydrogen (secondary N) is 2. The van der Waals surface area contributed by atoms with Crippen molar-refractivity contribution in [3.05, 3.63) is 23.1 Å². The number of aliphatic hydroxyl groups excluding tert-OH is 10. The van der Waals surface area contributed by atoms with Gasteiger partial charge in [0.25, 0.3) is 11.6 Å². The van der Waals surface area contributed by atoms with Gasteiger partial charge in [0.05, 0.1) is 32.0 Å². The Labute approximate surface area is 294 Å². The Morgan fingerprint density at radius 2 is 1.69 bits per heavy atom. The molecule has 0 aliphatic carbocycles. The quantitative estimate of drug-likeness (QED) is 0.0301. The average molecular weight is 756 g/mol. The molecule has 0 bridgehead atoms. The number of nitrogens with zero attached hydrogens (tertiary/aromatic N) is 3. The van der Waals surface area contributed by atoms with Crippen molar-refractivity contribution in [2.75, 3.05) is 19.8 Å². The van der Waals surface area contributed by atoms with Gasteiger partial charge in [0, 0.05) is 24.7 Å². The first-order valence-electron chi connectivity index (χ1n) is 15.9. The Morgan fingerprint density at radius 1 is 1.04 bits per heavy atom. The molecule has 52 heavy (non-hydrogen) atoms. The van der Waals surface area contributed by atoms with Crippen molar-refractivity contribution in [1.82, 2.24) is 10.6 Å². The standard InChI is InChI=1S/C28H45N5O19/c1-3-4-5-15(40)31-28(32-33-29)24(45)20(44)21(14(9-36)50-28)49-25-19(43)18(42)22(13(8-35)48-25)51-27(26(46)47)6-11(38)16(30-10(2)37)23(52-27)17(41)12(39)7-34/h3,11-14,16-25,34-36,38-39,41-45H,1,4-9H2,2H3,(H,30,37)(H,31,40)(H,46,47)/t11-,12+,13+,14+,16+,17+,18+,19+,20-,21+,22-,23+,24+,25-,27+,28+/m0/s1. The maximum Gasteiger partial charge on any atom is 0.364 e. The second-order valence-corrected chi connectivity index (χ2v) is 12.3. The van der Waals surface area contributed by atoms with Crippen LogP contribution in [0.5, 0.6) is 0 Å². The smallest absolute Gasteiger partial charge is 0.364 e. The summed E-state index contributed by atoms with van der Waals surface area (Å²) in [6.07, 6.45) is -26.1. The number of allylic oxidation sites excluding steroid dienone is 1. The molecule has 2 amide bonds. The van der Waals surface area contributed by atoms with Crippen LogP contribution in [0.25, 0.3) is 10.4 Å². The van der Waals surface area contributed by atoms with Gasteiger partial charge in [-0.3, -0.25) is 9.59 Å². The van der Waals surface area contributed by atoms with E-state index in [1.165, 1.54) is 6.08 Å². The third-order valence-corrected chi connectivity index (χ3v) is 8.65. The second-order valence-electron chi connectivity index (χ2n) is 12.3. The highest BCUT2D eigenvalue weighted by Crippen LogP contribution is 2.39. The fourth-order valence-corrected chi connectivity index (χ4v) is 6.01. The van der Waals surface area contributed by atoms with E-state index in [1.807, 2.05) is 0 Å².